The van der Waals surface area contributed by atoms with Gasteiger partial charge in [0.2, 0.25) is 0 Å². The summed E-state index contributed by atoms with van der Waals surface area (Å²) in [4.78, 5) is 2.60. The third kappa shape index (κ3) is 2.35. The molecule has 0 unspecified atom stereocenters. The van der Waals surface area contributed by atoms with Crippen LogP contribution in [-0.2, 0) is 4.74 Å². The lowest BCUT2D eigenvalue weighted by molar-refractivity contribution is 0.0267. The van der Waals surface area contributed by atoms with Crippen molar-refractivity contribution >= 4 is 0 Å². The molecule has 0 spiro atoms. The number of nitrogens with zero attached hydrogens (tertiary/aromatic N) is 1. The molecular weight excluding hydrogens is 188 g/mol. The van der Waals surface area contributed by atoms with Crippen molar-refractivity contribution in [1.29, 1.82) is 0 Å². The quantitative estimate of drug-likeness (QED) is 0.731. The summed E-state index contributed by atoms with van der Waals surface area (Å²) in [6.45, 7) is 5.51. The Morgan fingerprint density at radius 2 is 1.73 bits per heavy atom. The Labute approximate surface area is 92.2 Å². The van der Waals surface area contributed by atoms with Gasteiger partial charge in [-0.1, -0.05) is 0 Å². The highest BCUT2D eigenvalue weighted by atomic mass is 16.5. The number of rotatable bonds is 2. The third-order valence-electron chi connectivity index (χ3n) is 4.19. The first-order valence-electron chi connectivity index (χ1n) is 6.46. The molecule has 3 aliphatic heterocycles. The molecule has 3 rings (SSSR count). The van der Waals surface area contributed by atoms with Crippen LogP contribution in [0.4, 0.5) is 0 Å². The van der Waals surface area contributed by atoms with Gasteiger partial charge in [-0.2, -0.15) is 0 Å². The van der Waals surface area contributed by atoms with E-state index in [1.54, 1.807) is 0 Å². The van der Waals surface area contributed by atoms with Gasteiger partial charge in [0.25, 0.3) is 0 Å². The van der Waals surface area contributed by atoms with Crippen LogP contribution >= 0.6 is 0 Å². The monoisotopic (exact) mass is 210 g/mol. The zero-order valence-electron chi connectivity index (χ0n) is 9.45. The van der Waals surface area contributed by atoms with Gasteiger partial charge in [0.15, 0.2) is 0 Å². The van der Waals surface area contributed by atoms with E-state index < -0.39 is 0 Å². The van der Waals surface area contributed by atoms with Gasteiger partial charge < -0.3 is 10.1 Å². The number of ether oxygens (including phenoxy) is 1. The molecule has 0 radical (unpaired) electrons. The number of hydrogen-bond acceptors (Lipinski definition) is 3. The van der Waals surface area contributed by atoms with Gasteiger partial charge >= 0.3 is 0 Å². The lowest BCUT2D eigenvalue weighted by Crippen LogP contribution is -2.45. The summed E-state index contributed by atoms with van der Waals surface area (Å²) < 4.78 is 5.39. The van der Waals surface area contributed by atoms with Crippen molar-refractivity contribution in [3.63, 3.8) is 0 Å². The van der Waals surface area contributed by atoms with Gasteiger partial charge in [0.1, 0.15) is 0 Å². The van der Waals surface area contributed by atoms with Crippen molar-refractivity contribution in [2.75, 3.05) is 32.8 Å². The van der Waals surface area contributed by atoms with Crippen molar-refractivity contribution in [2.24, 2.45) is 5.92 Å². The van der Waals surface area contributed by atoms with E-state index in [1.165, 1.54) is 32.2 Å². The minimum atomic E-state index is 0.842. The summed E-state index contributed by atoms with van der Waals surface area (Å²) in [5.41, 5.74) is 0. The number of hydrogen-bond donors (Lipinski definition) is 1. The summed E-state index contributed by atoms with van der Waals surface area (Å²) in [7, 11) is 0. The fourth-order valence-electron chi connectivity index (χ4n) is 3.47. The molecule has 86 valence electrons. The molecular formula is C12H22N2O. The van der Waals surface area contributed by atoms with Gasteiger partial charge in [0, 0.05) is 31.7 Å². The lowest BCUT2D eigenvalue weighted by Gasteiger charge is -2.35. The number of nitrogens with one attached hydrogen (secondary N) is 1. The fraction of sp³-hybridized carbons (Fsp3) is 1.00. The number of piperidine rings is 1. The highest BCUT2D eigenvalue weighted by Crippen LogP contribution is 2.31. The van der Waals surface area contributed by atoms with Gasteiger partial charge in [-0.15, -0.1) is 0 Å². The van der Waals surface area contributed by atoms with Crippen LogP contribution in [0.1, 0.15) is 25.7 Å². The maximum absolute atomic E-state index is 5.39. The maximum Gasteiger partial charge on any atom is 0.0594 e. The van der Waals surface area contributed by atoms with Gasteiger partial charge in [-0.05, 0) is 31.6 Å². The molecule has 3 heterocycles. The van der Waals surface area contributed by atoms with E-state index in [4.69, 9.17) is 4.74 Å². The molecule has 1 N–H and O–H groups in total. The fourth-order valence-corrected chi connectivity index (χ4v) is 3.47. The minimum Gasteiger partial charge on any atom is -0.379 e. The molecule has 0 aromatic heterocycles. The average Bonchev–Trinajstić information content (AvgIpc) is 2.60. The molecule has 0 amide bonds. The molecule has 0 aromatic carbocycles. The zero-order chi connectivity index (χ0) is 10.1. The zero-order valence-corrected chi connectivity index (χ0v) is 9.45. The molecule has 3 heteroatoms. The second-order valence-electron chi connectivity index (χ2n) is 5.39. The predicted molar refractivity (Wildman–Crippen MR) is 59.9 cm³/mol. The van der Waals surface area contributed by atoms with E-state index in [0.29, 0.717) is 0 Å². The predicted octanol–water partition coefficient (Wildman–Crippen LogP) is 0.849. The minimum absolute atomic E-state index is 0.842. The van der Waals surface area contributed by atoms with Crippen molar-refractivity contribution in [3.05, 3.63) is 0 Å². The van der Waals surface area contributed by atoms with Crippen LogP contribution in [-0.4, -0.2) is 49.8 Å². The van der Waals surface area contributed by atoms with Crippen LogP contribution in [0, 0.1) is 5.92 Å². The van der Waals surface area contributed by atoms with Crippen molar-refractivity contribution in [2.45, 2.75) is 37.8 Å². The molecule has 0 saturated carbocycles. The van der Waals surface area contributed by atoms with E-state index in [9.17, 15) is 0 Å². The van der Waals surface area contributed by atoms with E-state index in [2.05, 4.69) is 10.2 Å². The molecule has 0 aromatic rings. The smallest absolute Gasteiger partial charge is 0.0594 e. The van der Waals surface area contributed by atoms with E-state index in [0.717, 1.165) is 44.3 Å². The molecule has 2 bridgehead atoms. The molecule has 3 saturated heterocycles. The first-order valence-corrected chi connectivity index (χ1v) is 6.46. The molecule has 0 aliphatic carbocycles. The van der Waals surface area contributed by atoms with Crippen LogP contribution in [0.3, 0.4) is 0 Å². The second-order valence-corrected chi connectivity index (χ2v) is 5.39. The largest absolute Gasteiger partial charge is 0.379 e. The van der Waals surface area contributed by atoms with Crippen LogP contribution in [0.15, 0.2) is 0 Å². The molecule has 15 heavy (non-hydrogen) atoms. The van der Waals surface area contributed by atoms with Gasteiger partial charge in [-0.25, -0.2) is 0 Å². The van der Waals surface area contributed by atoms with Crippen LogP contribution in [0.25, 0.3) is 0 Å². The normalized spacial score (nSPS) is 42.0. The first kappa shape index (κ1) is 10.1. The van der Waals surface area contributed by atoms with Crippen LogP contribution in [0.2, 0.25) is 0 Å². The summed E-state index contributed by atoms with van der Waals surface area (Å²) in [6, 6.07) is 1.68. The highest BCUT2D eigenvalue weighted by Gasteiger charge is 2.34. The van der Waals surface area contributed by atoms with Gasteiger partial charge in [0.05, 0.1) is 13.2 Å². The van der Waals surface area contributed by atoms with E-state index in [1.807, 2.05) is 0 Å². The molecule has 3 aliphatic rings. The Morgan fingerprint density at radius 3 is 2.40 bits per heavy atom. The summed E-state index contributed by atoms with van der Waals surface area (Å²) in [6.07, 6.45) is 5.66. The number of fused-ring (bicyclic) bond motifs is 2. The Morgan fingerprint density at radius 1 is 1.07 bits per heavy atom. The molecule has 3 nitrogen and oxygen atoms in total. The first-order chi connectivity index (χ1) is 7.40. The SMILES string of the molecule is C1CN(C[C@H]2C[C@H]3CC[C@@H](C2)N3)CCO1. The van der Waals surface area contributed by atoms with E-state index in [-0.39, 0.29) is 0 Å². The topological polar surface area (TPSA) is 24.5 Å². The van der Waals surface area contributed by atoms with Crippen molar-refractivity contribution in [1.82, 2.24) is 10.2 Å². The maximum atomic E-state index is 5.39. The molecule has 3 fully saturated rings. The Bertz CT molecular complexity index is 204. The highest BCUT2D eigenvalue weighted by molar-refractivity contribution is 4.92. The Hall–Kier alpha value is -0.120. The summed E-state index contributed by atoms with van der Waals surface area (Å²) in [5, 5.41) is 3.71. The van der Waals surface area contributed by atoms with Gasteiger partial charge in [-0.3, -0.25) is 4.90 Å². The van der Waals surface area contributed by atoms with Crippen molar-refractivity contribution in [3.8, 4) is 0 Å². The Kier molecular flexibility index (Phi) is 2.95. The summed E-state index contributed by atoms with van der Waals surface area (Å²) in [5.74, 6) is 0.946. The molecule has 3 atom stereocenters. The van der Waals surface area contributed by atoms with Crippen LogP contribution < -0.4 is 5.32 Å². The lowest BCUT2D eigenvalue weighted by atomic mass is 9.92. The van der Waals surface area contributed by atoms with E-state index >= 15 is 0 Å². The van der Waals surface area contributed by atoms with Crippen LogP contribution in [0.5, 0.6) is 0 Å². The second kappa shape index (κ2) is 4.40. The average molecular weight is 210 g/mol. The Balaban J connectivity index is 1.50. The standard InChI is InChI=1S/C12H22N2O/c1-2-12-8-10(7-11(1)13-12)9-14-3-5-15-6-4-14/h10-13H,1-9H2/t10-,11+,12-. The van der Waals surface area contributed by atoms with Crippen molar-refractivity contribution < 1.29 is 4.74 Å². The summed E-state index contributed by atoms with van der Waals surface area (Å²) >= 11 is 0. The third-order valence-corrected chi connectivity index (χ3v) is 4.19. The number of morpholine rings is 1.